The highest BCUT2D eigenvalue weighted by Gasteiger charge is 2.23. The number of hydrogen-bond acceptors (Lipinski definition) is 3. The minimum Gasteiger partial charge on any atom is -0.349 e. The topological polar surface area (TPSA) is 42.0 Å². The highest BCUT2D eigenvalue weighted by Crippen LogP contribution is 2.25. The van der Waals surface area contributed by atoms with E-state index in [1.54, 1.807) is 11.3 Å². The van der Waals surface area contributed by atoms with Crippen LogP contribution in [0.4, 0.5) is 0 Å². The Morgan fingerprint density at radius 1 is 1.37 bits per heavy atom. The summed E-state index contributed by atoms with van der Waals surface area (Å²) in [6.07, 6.45) is 2.20. The van der Waals surface area contributed by atoms with Crippen LogP contribution in [0.1, 0.15) is 28.9 Å². The Hall–Kier alpha value is -1.39. The van der Waals surface area contributed by atoms with E-state index >= 15 is 0 Å². The molecule has 1 aromatic carbocycles. The first-order chi connectivity index (χ1) is 9.26. The maximum atomic E-state index is 11.9. The van der Waals surface area contributed by atoms with Gasteiger partial charge < -0.3 is 5.32 Å². The number of alkyl halides is 1. The third-order valence-corrected chi connectivity index (χ3v) is 4.21. The third kappa shape index (κ3) is 2.96. The van der Waals surface area contributed by atoms with Crippen LogP contribution in [-0.2, 0) is 5.88 Å². The molecule has 1 aromatic heterocycles. The van der Waals surface area contributed by atoms with Crippen LogP contribution < -0.4 is 5.32 Å². The van der Waals surface area contributed by atoms with Gasteiger partial charge >= 0.3 is 0 Å². The maximum Gasteiger partial charge on any atom is 0.251 e. The van der Waals surface area contributed by atoms with E-state index in [-0.39, 0.29) is 5.91 Å². The van der Waals surface area contributed by atoms with Crippen molar-refractivity contribution >= 4 is 28.8 Å². The van der Waals surface area contributed by atoms with Gasteiger partial charge in [-0.25, -0.2) is 4.98 Å². The van der Waals surface area contributed by atoms with Gasteiger partial charge in [0.05, 0.1) is 11.6 Å². The molecule has 0 radical (unpaired) electrons. The van der Waals surface area contributed by atoms with Crippen molar-refractivity contribution in [3.05, 3.63) is 40.9 Å². The van der Waals surface area contributed by atoms with Crippen molar-refractivity contribution in [3.8, 4) is 10.6 Å². The Balaban J connectivity index is 1.75. The first-order valence-electron chi connectivity index (χ1n) is 6.18. The lowest BCUT2D eigenvalue weighted by atomic mass is 10.1. The molecule has 1 N–H and O–H groups in total. The molecule has 98 valence electrons. The molecule has 3 rings (SSSR count). The summed E-state index contributed by atoms with van der Waals surface area (Å²) < 4.78 is 0. The van der Waals surface area contributed by atoms with Crippen LogP contribution >= 0.6 is 22.9 Å². The van der Waals surface area contributed by atoms with E-state index < -0.39 is 0 Å². The van der Waals surface area contributed by atoms with Crippen LogP contribution in [0.15, 0.2) is 29.6 Å². The molecule has 0 unspecified atom stereocenters. The molecular weight excluding hydrogens is 280 g/mol. The van der Waals surface area contributed by atoms with Crippen molar-refractivity contribution in [1.29, 1.82) is 0 Å². The van der Waals surface area contributed by atoms with Gasteiger partial charge in [-0.15, -0.1) is 22.9 Å². The summed E-state index contributed by atoms with van der Waals surface area (Å²) in [4.78, 5) is 16.3. The molecule has 1 fully saturated rings. The van der Waals surface area contributed by atoms with Gasteiger partial charge in [0.25, 0.3) is 5.91 Å². The molecular formula is C14H13ClN2OS. The fourth-order valence-corrected chi connectivity index (χ4v) is 2.82. The van der Waals surface area contributed by atoms with Crippen LogP contribution in [0, 0.1) is 0 Å². The monoisotopic (exact) mass is 292 g/mol. The number of hydrogen-bond donors (Lipinski definition) is 1. The molecule has 1 heterocycles. The number of aromatic nitrogens is 1. The van der Waals surface area contributed by atoms with Gasteiger partial charge in [0.2, 0.25) is 0 Å². The zero-order valence-corrected chi connectivity index (χ0v) is 11.8. The molecule has 0 spiro atoms. The Morgan fingerprint density at radius 2 is 2.11 bits per heavy atom. The van der Waals surface area contributed by atoms with Crippen LogP contribution in [0.2, 0.25) is 0 Å². The van der Waals surface area contributed by atoms with Crippen molar-refractivity contribution < 1.29 is 4.79 Å². The van der Waals surface area contributed by atoms with E-state index in [9.17, 15) is 4.79 Å². The van der Waals surface area contributed by atoms with E-state index in [4.69, 9.17) is 11.6 Å². The average Bonchev–Trinajstić information content (AvgIpc) is 3.12. The zero-order chi connectivity index (χ0) is 13.2. The number of rotatable bonds is 4. The molecule has 0 aliphatic heterocycles. The smallest absolute Gasteiger partial charge is 0.251 e. The number of nitrogens with zero attached hydrogens (tertiary/aromatic N) is 1. The van der Waals surface area contributed by atoms with Crippen molar-refractivity contribution in [3.63, 3.8) is 0 Å². The molecule has 1 aliphatic carbocycles. The van der Waals surface area contributed by atoms with Crippen LogP contribution in [0.25, 0.3) is 10.6 Å². The van der Waals surface area contributed by atoms with Gasteiger partial charge in [0, 0.05) is 22.5 Å². The number of nitrogens with one attached hydrogen (secondary N) is 1. The predicted molar refractivity (Wildman–Crippen MR) is 77.6 cm³/mol. The van der Waals surface area contributed by atoms with Gasteiger partial charge in [0.1, 0.15) is 5.01 Å². The molecule has 5 heteroatoms. The minimum absolute atomic E-state index is 0.00892. The summed E-state index contributed by atoms with van der Waals surface area (Å²) in [6.45, 7) is 0. The lowest BCUT2D eigenvalue weighted by Gasteiger charge is -2.03. The van der Waals surface area contributed by atoms with Crippen molar-refractivity contribution in [2.45, 2.75) is 24.8 Å². The first-order valence-corrected chi connectivity index (χ1v) is 7.59. The maximum absolute atomic E-state index is 11.9. The Bertz CT molecular complexity index is 590. The second-order valence-corrected chi connectivity index (χ2v) is 5.73. The van der Waals surface area contributed by atoms with Gasteiger partial charge in [-0.05, 0) is 25.0 Å². The molecule has 1 saturated carbocycles. The molecule has 19 heavy (non-hydrogen) atoms. The van der Waals surface area contributed by atoms with Crippen molar-refractivity contribution in [2.24, 2.45) is 0 Å². The summed E-state index contributed by atoms with van der Waals surface area (Å²) in [5.41, 5.74) is 2.60. The van der Waals surface area contributed by atoms with Crippen LogP contribution in [0.3, 0.4) is 0 Å². The predicted octanol–water partition coefficient (Wildman–Crippen LogP) is 3.44. The van der Waals surface area contributed by atoms with Gasteiger partial charge in [-0.3, -0.25) is 4.79 Å². The SMILES string of the molecule is O=C(NC1CC1)c1ccc(-c2nc(CCl)cs2)cc1. The number of carbonyl (C=O) groups excluding carboxylic acids is 1. The lowest BCUT2D eigenvalue weighted by molar-refractivity contribution is 0.0951. The number of benzene rings is 1. The third-order valence-electron chi connectivity index (χ3n) is 3.00. The first kappa shape index (κ1) is 12.6. The summed E-state index contributed by atoms with van der Waals surface area (Å²) in [5, 5.41) is 5.86. The second-order valence-electron chi connectivity index (χ2n) is 4.60. The molecule has 1 aliphatic rings. The quantitative estimate of drug-likeness (QED) is 0.877. The van der Waals surface area contributed by atoms with Gasteiger partial charge in [0.15, 0.2) is 0 Å². The van der Waals surface area contributed by atoms with E-state index in [1.165, 1.54) is 0 Å². The number of halogens is 1. The summed E-state index contributed by atoms with van der Waals surface area (Å²) in [7, 11) is 0. The van der Waals surface area contributed by atoms with Crippen molar-refractivity contribution in [1.82, 2.24) is 10.3 Å². The standard InChI is InChI=1S/C14H13ClN2OS/c15-7-12-8-19-14(17-12)10-3-1-9(2-4-10)13(18)16-11-5-6-11/h1-4,8,11H,5-7H2,(H,16,18). The molecule has 2 aromatic rings. The summed E-state index contributed by atoms with van der Waals surface area (Å²) >= 11 is 7.31. The van der Waals surface area contributed by atoms with E-state index in [0.29, 0.717) is 17.5 Å². The zero-order valence-electron chi connectivity index (χ0n) is 10.2. The average molecular weight is 293 g/mol. The van der Waals surface area contributed by atoms with E-state index in [1.807, 2.05) is 29.6 Å². The summed E-state index contributed by atoms with van der Waals surface area (Å²) in [6, 6.07) is 7.93. The highest BCUT2D eigenvalue weighted by atomic mass is 35.5. The molecule has 3 nitrogen and oxygen atoms in total. The second kappa shape index (κ2) is 5.31. The molecule has 0 atom stereocenters. The molecule has 0 bridgehead atoms. The number of carbonyl (C=O) groups is 1. The molecule has 0 saturated heterocycles. The fourth-order valence-electron chi connectivity index (χ4n) is 1.76. The van der Waals surface area contributed by atoms with Crippen LogP contribution in [0.5, 0.6) is 0 Å². The van der Waals surface area contributed by atoms with Crippen molar-refractivity contribution in [2.75, 3.05) is 0 Å². The minimum atomic E-state index is 0.00892. The number of thiazole rings is 1. The largest absolute Gasteiger partial charge is 0.349 e. The van der Waals surface area contributed by atoms with E-state index in [0.717, 1.165) is 29.1 Å². The van der Waals surface area contributed by atoms with Gasteiger partial charge in [-0.2, -0.15) is 0 Å². The van der Waals surface area contributed by atoms with E-state index in [2.05, 4.69) is 10.3 Å². The van der Waals surface area contributed by atoms with Gasteiger partial charge in [-0.1, -0.05) is 12.1 Å². The lowest BCUT2D eigenvalue weighted by Crippen LogP contribution is -2.25. The Morgan fingerprint density at radius 3 is 2.68 bits per heavy atom. The Kier molecular flexibility index (Phi) is 3.53. The normalized spacial score (nSPS) is 14.4. The molecule has 1 amide bonds. The Labute approximate surface area is 120 Å². The number of amides is 1. The highest BCUT2D eigenvalue weighted by molar-refractivity contribution is 7.13. The van der Waals surface area contributed by atoms with Crippen LogP contribution in [-0.4, -0.2) is 16.9 Å². The summed E-state index contributed by atoms with van der Waals surface area (Å²) in [5.74, 6) is 0.438. The fraction of sp³-hybridized carbons (Fsp3) is 0.286.